The normalized spacial score (nSPS) is 12.8. The fourth-order valence-electron chi connectivity index (χ4n) is 2.47. The summed E-state index contributed by atoms with van der Waals surface area (Å²) in [6.45, 7) is 0. The summed E-state index contributed by atoms with van der Waals surface area (Å²) in [7, 11) is 0. The molecule has 0 saturated heterocycles. The summed E-state index contributed by atoms with van der Waals surface area (Å²) in [5, 5.41) is 12.6. The maximum absolute atomic E-state index is 13.1. The molecule has 0 bridgehead atoms. The number of thiophene rings is 1. The molecule has 6 heteroatoms. The van der Waals surface area contributed by atoms with Gasteiger partial charge in [0, 0.05) is 10.4 Å². The highest BCUT2D eigenvalue weighted by Gasteiger charge is 2.23. The predicted octanol–water partition coefficient (Wildman–Crippen LogP) is 3.08. The first-order chi connectivity index (χ1) is 10.1. The first kappa shape index (κ1) is 13.6. The van der Waals surface area contributed by atoms with Crippen LogP contribution in [-0.4, -0.2) is 5.91 Å². The van der Waals surface area contributed by atoms with Crippen molar-refractivity contribution < 1.29 is 9.18 Å². The molecule has 1 aliphatic rings. The molecular formula is C15H12FN3OS. The topological polar surface area (TPSA) is 78.9 Å². The van der Waals surface area contributed by atoms with Crippen LogP contribution in [0, 0.1) is 17.1 Å². The third-order valence-electron chi connectivity index (χ3n) is 3.52. The molecule has 3 rings (SSSR count). The van der Waals surface area contributed by atoms with Gasteiger partial charge < -0.3 is 11.1 Å². The lowest BCUT2D eigenvalue weighted by Crippen LogP contribution is -2.12. The molecule has 4 nitrogen and oxygen atoms in total. The predicted molar refractivity (Wildman–Crippen MR) is 79.8 cm³/mol. The van der Waals surface area contributed by atoms with Crippen LogP contribution in [0.1, 0.15) is 32.8 Å². The van der Waals surface area contributed by atoms with Crippen molar-refractivity contribution in [2.45, 2.75) is 19.3 Å². The summed E-state index contributed by atoms with van der Waals surface area (Å²) >= 11 is 1.44. The Hall–Kier alpha value is -2.39. The molecule has 0 atom stereocenters. The Bertz CT molecular complexity index is 776. The van der Waals surface area contributed by atoms with Crippen LogP contribution in [0.15, 0.2) is 18.2 Å². The summed E-state index contributed by atoms with van der Waals surface area (Å²) in [5.41, 5.74) is 7.26. The third kappa shape index (κ3) is 2.36. The van der Waals surface area contributed by atoms with E-state index < -0.39 is 11.7 Å². The number of fused-ring (bicyclic) bond motifs is 1. The zero-order valence-electron chi connectivity index (χ0n) is 11.1. The highest BCUT2D eigenvalue weighted by molar-refractivity contribution is 7.16. The van der Waals surface area contributed by atoms with Crippen LogP contribution in [0.25, 0.3) is 0 Å². The number of hydrogen-bond acceptors (Lipinski definition) is 4. The van der Waals surface area contributed by atoms with Crippen molar-refractivity contribution in [2.75, 3.05) is 11.1 Å². The molecule has 0 saturated carbocycles. The van der Waals surface area contributed by atoms with Crippen molar-refractivity contribution in [2.24, 2.45) is 0 Å². The van der Waals surface area contributed by atoms with Gasteiger partial charge in [-0.05, 0) is 43.0 Å². The number of nitrogens with zero attached hydrogens (tertiary/aromatic N) is 1. The van der Waals surface area contributed by atoms with Gasteiger partial charge in [-0.1, -0.05) is 0 Å². The Kier molecular flexibility index (Phi) is 3.35. The molecule has 106 valence electrons. The van der Waals surface area contributed by atoms with Gasteiger partial charge in [0.15, 0.2) is 0 Å². The first-order valence-corrected chi connectivity index (χ1v) is 7.33. The molecule has 0 radical (unpaired) electrons. The third-order valence-corrected chi connectivity index (χ3v) is 4.73. The van der Waals surface area contributed by atoms with E-state index in [-0.39, 0.29) is 11.3 Å². The van der Waals surface area contributed by atoms with Gasteiger partial charge in [0.2, 0.25) is 0 Å². The van der Waals surface area contributed by atoms with E-state index in [1.54, 1.807) is 0 Å². The fourth-order valence-corrected chi connectivity index (χ4v) is 3.71. The maximum atomic E-state index is 13.1. The van der Waals surface area contributed by atoms with Crippen LogP contribution in [0.4, 0.5) is 15.1 Å². The van der Waals surface area contributed by atoms with Gasteiger partial charge in [-0.2, -0.15) is 5.26 Å². The molecule has 1 aliphatic carbocycles. The van der Waals surface area contributed by atoms with Crippen molar-refractivity contribution >= 4 is 27.9 Å². The fraction of sp³-hybridized carbons (Fsp3) is 0.200. The Morgan fingerprint density at radius 1 is 1.43 bits per heavy atom. The number of halogens is 1. The molecule has 0 unspecified atom stereocenters. The maximum Gasteiger partial charge on any atom is 0.256 e. The van der Waals surface area contributed by atoms with Crippen molar-refractivity contribution in [3.8, 4) is 6.07 Å². The lowest BCUT2D eigenvalue weighted by Gasteiger charge is -2.05. The Balaban J connectivity index is 1.88. The quantitative estimate of drug-likeness (QED) is 0.837. The van der Waals surface area contributed by atoms with Crippen molar-refractivity contribution in [1.29, 1.82) is 5.26 Å². The van der Waals surface area contributed by atoms with E-state index in [4.69, 9.17) is 5.73 Å². The van der Waals surface area contributed by atoms with Crippen LogP contribution in [0.2, 0.25) is 0 Å². The van der Waals surface area contributed by atoms with Gasteiger partial charge in [-0.3, -0.25) is 4.79 Å². The Labute approximate surface area is 125 Å². The average molecular weight is 301 g/mol. The summed E-state index contributed by atoms with van der Waals surface area (Å²) in [6.07, 6.45) is 2.89. The summed E-state index contributed by atoms with van der Waals surface area (Å²) < 4.78 is 13.1. The van der Waals surface area contributed by atoms with Crippen LogP contribution in [0.5, 0.6) is 0 Å². The molecule has 3 N–H and O–H groups in total. The molecule has 1 amide bonds. The number of nitrogen functional groups attached to an aromatic ring is 1. The number of nitrogens with one attached hydrogen (secondary N) is 1. The SMILES string of the molecule is N#Cc1c(NC(=O)c2ccc(F)c(N)c2)sc2c1CCC2. The molecule has 0 fully saturated rings. The number of anilines is 2. The van der Waals surface area contributed by atoms with Gasteiger partial charge >= 0.3 is 0 Å². The van der Waals surface area contributed by atoms with E-state index in [9.17, 15) is 14.4 Å². The molecule has 21 heavy (non-hydrogen) atoms. The van der Waals surface area contributed by atoms with E-state index in [1.807, 2.05) is 0 Å². The number of nitrogens with two attached hydrogens (primary N) is 1. The van der Waals surface area contributed by atoms with Gasteiger partial charge in [0.1, 0.15) is 16.9 Å². The lowest BCUT2D eigenvalue weighted by atomic mass is 10.1. The molecule has 0 aliphatic heterocycles. The summed E-state index contributed by atoms with van der Waals surface area (Å²) in [6, 6.07) is 5.98. The number of hydrogen-bond donors (Lipinski definition) is 2. The molecule has 1 aromatic heterocycles. The zero-order chi connectivity index (χ0) is 15.0. The molecule has 1 aromatic carbocycles. The lowest BCUT2D eigenvalue weighted by molar-refractivity contribution is 0.102. The van der Waals surface area contributed by atoms with Gasteiger partial charge in [0.25, 0.3) is 5.91 Å². The Morgan fingerprint density at radius 2 is 2.24 bits per heavy atom. The number of rotatable bonds is 2. The van der Waals surface area contributed by atoms with Gasteiger partial charge in [-0.25, -0.2) is 4.39 Å². The number of aryl methyl sites for hydroxylation is 1. The van der Waals surface area contributed by atoms with Crippen molar-refractivity contribution in [1.82, 2.24) is 0 Å². The Morgan fingerprint density at radius 3 is 2.95 bits per heavy atom. The number of carbonyl (C=O) groups is 1. The van der Waals surface area contributed by atoms with E-state index in [0.29, 0.717) is 10.6 Å². The highest BCUT2D eigenvalue weighted by Crippen LogP contribution is 2.38. The standard InChI is InChI=1S/C15H12FN3OS/c16-11-5-4-8(6-12(11)18)14(20)19-15-10(7-17)9-2-1-3-13(9)21-15/h4-6H,1-3,18H2,(H,19,20). The van der Waals surface area contributed by atoms with E-state index >= 15 is 0 Å². The highest BCUT2D eigenvalue weighted by atomic mass is 32.1. The summed E-state index contributed by atoms with van der Waals surface area (Å²) in [4.78, 5) is 13.3. The van der Waals surface area contributed by atoms with E-state index in [1.165, 1.54) is 28.3 Å². The number of carbonyl (C=O) groups excluding carboxylic acids is 1. The smallest absolute Gasteiger partial charge is 0.256 e. The van der Waals surface area contributed by atoms with Crippen LogP contribution in [-0.2, 0) is 12.8 Å². The first-order valence-electron chi connectivity index (χ1n) is 6.51. The number of nitriles is 1. The van der Waals surface area contributed by atoms with Crippen molar-refractivity contribution in [3.63, 3.8) is 0 Å². The second-order valence-electron chi connectivity index (χ2n) is 4.86. The molecule has 0 spiro atoms. The van der Waals surface area contributed by atoms with Gasteiger partial charge in [0.05, 0.1) is 11.3 Å². The van der Waals surface area contributed by atoms with Crippen LogP contribution in [0.3, 0.4) is 0 Å². The second-order valence-corrected chi connectivity index (χ2v) is 5.97. The minimum atomic E-state index is -0.556. The van der Waals surface area contributed by atoms with Crippen molar-refractivity contribution in [3.05, 3.63) is 45.6 Å². The number of benzene rings is 1. The second kappa shape index (κ2) is 5.19. The molecular weight excluding hydrogens is 289 g/mol. The monoisotopic (exact) mass is 301 g/mol. The number of amides is 1. The van der Waals surface area contributed by atoms with Gasteiger partial charge in [-0.15, -0.1) is 11.3 Å². The molecule has 2 aromatic rings. The zero-order valence-corrected chi connectivity index (χ0v) is 11.9. The van der Waals surface area contributed by atoms with E-state index in [2.05, 4.69) is 11.4 Å². The summed E-state index contributed by atoms with van der Waals surface area (Å²) in [5.74, 6) is -0.947. The molecule has 1 heterocycles. The minimum absolute atomic E-state index is 0.0724. The average Bonchev–Trinajstić information content (AvgIpc) is 3.02. The largest absolute Gasteiger partial charge is 0.396 e. The van der Waals surface area contributed by atoms with Crippen LogP contribution < -0.4 is 11.1 Å². The van der Waals surface area contributed by atoms with E-state index in [0.717, 1.165) is 30.9 Å². The van der Waals surface area contributed by atoms with Crippen LogP contribution >= 0.6 is 11.3 Å². The minimum Gasteiger partial charge on any atom is -0.396 e.